The molecule has 1 aliphatic carbocycles. The molecule has 2 aliphatic rings. The molecule has 0 radical (unpaired) electrons. The molecule has 0 spiro atoms. The molecule has 0 bridgehead atoms. The molecule has 1 aliphatic heterocycles. The van der Waals surface area contributed by atoms with Crippen LogP contribution < -0.4 is 5.32 Å². The first-order valence-corrected chi connectivity index (χ1v) is 8.35. The number of likely N-dealkylation sites (N-methyl/N-ethyl adjacent to an activating group) is 1. The van der Waals surface area contributed by atoms with Crippen molar-refractivity contribution in [3.05, 3.63) is 0 Å². The van der Waals surface area contributed by atoms with E-state index in [-0.39, 0.29) is 0 Å². The number of nitrogens with one attached hydrogen (secondary N) is 1. The van der Waals surface area contributed by atoms with Gasteiger partial charge in [-0.3, -0.25) is 4.90 Å². The van der Waals surface area contributed by atoms with E-state index < -0.39 is 0 Å². The Hall–Kier alpha value is -0.120. The zero-order valence-electron chi connectivity index (χ0n) is 13.0. The summed E-state index contributed by atoms with van der Waals surface area (Å²) in [6.45, 7) is 11.0. The molecule has 1 saturated heterocycles. The monoisotopic (exact) mass is 267 g/mol. The van der Waals surface area contributed by atoms with E-state index in [1.807, 2.05) is 0 Å². The van der Waals surface area contributed by atoms with E-state index >= 15 is 0 Å². The standard InChI is InChI=1S/C16H33N3/c1-15-4-3-5-16(14-15)6-7-17-8-9-19-12-10-18(2)11-13-19/h15-17H,3-14H2,1-2H3. The highest BCUT2D eigenvalue weighted by Crippen LogP contribution is 2.30. The first-order valence-electron chi connectivity index (χ1n) is 8.35. The second-order valence-corrected chi connectivity index (χ2v) is 6.82. The Morgan fingerprint density at radius 3 is 2.58 bits per heavy atom. The third kappa shape index (κ3) is 5.80. The lowest BCUT2D eigenvalue weighted by Gasteiger charge is -2.32. The van der Waals surface area contributed by atoms with E-state index in [1.54, 1.807) is 0 Å². The van der Waals surface area contributed by atoms with E-state index in [0.29, 0.717) is 0 Å². The molecule has 112 valence electrons. The van der Waals surface area contributed by atoms with Gasteiger partial charge in [0.2, 0.25) is 0 Å². The molecule has 2 atom stereocenters. The minimum atomic E-state index is 0.976. The Labute approximate surface area is 119 Å². The smallest absolute Gasteiger partial charge is 0.0110 e. The van der Waals surface area contributed by atoms with Gasteiger partial charge in [-0.2, -0.15) is 0 Å². The van der Waals surface area contributed by atoms with Crippen LogP contribution in [0.1, 0.15) is 39.0 Å². The van der Waals surface area contributed by atoms with Crippen LogP contribution in [0, 0.1) is 11.8 Å². The van der Waals surface area contributed by atoms with Gasteiger partial charge in [-0.1, -0.05) is 26.2 Å². The average molecular weight is 267 g/mol. The summed E-state index contributed by atoms with van der Waals surface area (Å²) in [5, 5.41) is 3.65. The van der Waals surface area contributed by atoms with E-state index in [2.05, 4.69) is 29.1 Å². The van der Waals surface area contributed by atoms with Crippen molar-refractivity contribution in [1.82, 2.24) is 15.1 Å². The van der Waals surface area contributed by atoms with Crippen LogP contribution in [0.25, 0.3) is 0 Å². The van der Waals surface area contributed by atoms with E-state index in [1.165, 1.54) is 77.9 Å². The number of nitrogens with zero attached hydrogens (tertiary/aromatic N) is 2. The Morgan fingerprint density at radius 2 is 1.84 bits per heavy atom. The number of piperazine rings is 1. The van der Waals surface area contributed by atoms with Gasteiger partial charge in [0.15, 0.2) is 0 Å². The molecule has 2 fully saturated rings. The Kier molecular flexibility index (Phi) is 6.62. The maximum atomic E-state index is 3.65. The summed E-state index contributed by atoms with van der Waals surface area (Å²) >= 11 is 0. The zero-order valence-corrected chi connectivity index (χ0v) is 13.0. The van der Waals surface area contributed by atoms with Crippen LogP contribution in [0.2, 0.25) is 0 Å². The molecule has 3 nitrogen and oxygen atoms in total. The summed E-state index contributed by atoms with van der Waals surface area (Å²) in [6.07, 6.45) is 7.28. The fourth-order valence-electron chi connectivity index (χ4n) is 3.56. The molecule has 3 heteroatoms. The normalized spacial score (nSPS) is 30.6. The third-order valence-corrected chi connectivity index (χ3v) is 4.98. The second-order valence-electron chi connectivity index (χ2n) is 6.82. The van der Waals surface area contributed by atoms with E-state index in [4.69, 9.17) is 0 Å². The predicted molar refractivity (Wildman–Crippen MR) is 82.5 cm³/mol. The maximum absolute atomic E-state index is 3.65. The highest BCUT2D eigenvalue weighted by Gasteiger charge is 2.18. The zero-order chi connectivity index (χ0) is 13.5. The van der Waals surface area contributed by atoms with Gasteiger partial charge in [-0.15, -0.1) is 0 Å². The SMILES string of the molecule is CC1CCCC(CCNCCN2CCN(C)CC2)C1. The van der Waals surface area contributed by atoms with Crippen LogP contribution in [0.4, 0.5) is 0 Å². The molecule has 1 saturated carbocycles. The first-order chi connectivity index (χ1) is 9.24. The predicted octanol–water partition coefficient (Wildman–Crippen LogP) is 2.04. The van der Waals surface area contributed by atoms with Crippen molar-refractivity contribution in [3.8, 4) is 0 Å². The Balaban J connectivity index is 1.46. The van der Waals surface area contributed by atoms with Crippen molar-refractivity contribution >= 4 is 0 Å². The second kappa shape index (κ2) is 8.23. The van der Waals surface area contributed by atoms with Crippen LogP contribution >= 0.6 is 0 Å². The molecule has 0 amide bonds. The van der Waals surface area contributed by atoms with Gasteiger partial charge in [-0.05, 0) is 38.3 Å². The van der Waals surface area contributed by atoms with Crippen molar-refractivity contribution in [3.63, 3.8) is 0 Å². The molecule has 19 heavy (non-hydrogen) atoms. The average Bonchev–Trinajstić information content (AvgIpc) is 2.41. The van der Waals surface area contributed by atoms with Gasteiger partial charge in [0.1, 0.15) is 0 Å². The van der Waals surface area contributed by atoms with Gasteiger partial charge in [0, 0.05) is 39.3 Å². The minimum Gasteiger partial charge on any atom is -0.315 e. The number of hydrogen-bond donors (Lipinski definition) is 1. The van der Waals surface area contributed by atoms with Crippen LogP contribution in [-0.2, 0) is 0 Å². The van der Waals surface area contributed by atoms with Crippen molar-refractivity contribution in [2.45, 2.75) is 39.0 Å². The van der Waals surface area contributed by atoms with E-state index in [0.717, 1.165) is 11.8 Å². The first kappa shape index (κ1) is 15.3. The number of rotatable bonds is 6. The van der Waals surface area contributed by atoms with Crippen molar-refractivity contribution < 1.29 is 0 Å². The largest absolute Gasteiger partial charge is 0.315 e. The molecule has 0 aromatic heterocycles. The summed E-state index contributed by atoms with van der Waals surface area (Å²) in [7, 11) is 2.22. The summed E-state index contributed by atoms with van der Waals surface area (Å²) < 4.78 is 0. The Morgan fingerprint density at radius 1 is 1.05 bits per heavy atom. The lowest BCUT2D eigenvalue weighted by atomic mass is 9.81. The van der Waals surface area contributed by atoms with Gasteiger partial charge in [0.25, 0.3) is 0 Å². The van der Waals surface area contributed by atoms with E-state index in [9.17, 15) is 0 Å². The van der Waals surface area contributed by atoms with Gasteiger partial charge in [-0.25, -0.2) is 0 Å². The van der Waals surface area contributed by atoms with Crippen LogP contribution in [-0.4, -0.2) is 62.7 Å². The lowest BCUT2D eigenvalue weighted by molar-refractivity contribution is 0.154. The molecular weight excluding hydrogens is 234 g/mol. The summed E-state index contributed by atoms with van der Waals surface area (Å²) in [5.74, 6) is 1.98. The summed E-state index contributed by atoms with van der Waals surface area (Å²) in [5.41, 5.74) is 0. The summed E-state index contributed by atoms with van der Waals surface area (Å²) in [6, 6.07) is 0. The summed E-state index contributed by atoms with van der Waals surface area (Å²) in [4.78, 5) is 5.02. The quantitative estimate of drug-likeness (QED) is 0.743. The van der Waals surface area contributed by atoms with Gasteiger partial charge >= 0.3 is 0 Å². The fraction of sp³-hybridized carbons (Fsp3) is 1.00. The molecule has 0 aromatic carbocycles. The molecule has 1 heterocycles. The molecule has 1 N–H and O–H groups in total. The fourth-order valence-corrected chi connectivity index (χ4v) is 3.56. The lowest BCUT2D eigenvalue weighted by Crippen LogP contribution is -2.46. The van der Waals surface area contributed by atoms with Gasteiger partial charge < -0.3 is 10.2 Å². The molecular formula is C16H33N3. The minimum absolute atomic E-state index is 0.976. The highest BCUT2D eigenvalue weighted by molar-refractivity contribution is 4.72. The van der Waals surface area contributed by atoms with Crippen LogP contribution in [0.15, 0.2) is 0 Å². The van der Waals surface area contributed by atoms with Crippen LogP contribution in [0.5, 0.6) is 0 Å². The maximum Gasteiger partial charge on any atom is 0.0110 e. The van der Waals surface area contributed by atoms with Gasteiger partial charge in [0.05, 0.1) is 0 Å². The van der Waals surface area contributed by atoms with Crippen molar-refractivity contribution in [2.75, 3.05) is 52.9 Å². The molecule has 2 rings (SSSR count). The number of hydrogen-bond acceptors (Lipinski definition) is 3. The molecule has 2 unspecified atom stereocenters. The third-order valence-electron chi connectivity index (χ3n) is 4.98. The van der Waals surface area contributed by atoms with Crippen LogP contribution in [0.3, 0.4) is 0 Å². The Bertz CT molecular complexity index is 236. The van der Waals surface area contributed by atoms with Crippen molar-refractivity contribution in [2.24, 2.45) is 11.8 Å². The highest BCUT2D eigenvalue weighted by atomic mass is 15.2. The molecule has 0 aromatic rings. The van der Waals surface area contributed by atoms with Crippen molar-refractivity contribution in [1.29, 1.82) is 0 Å². The topological polar surface area (TPSA) is 18.5 Å².